The van der Waals surface area contributed by atoms with Crippen LogP contribution in [0.25, 0.3) is 0 Å². The van der Waals surface area contributed by atoms with Crippen LogP contribution in [0.4, 0.5) is 14.5 Å². The third-order valence-corrected chi connectivity index (χ3v) is 2.63. The van der Waals surface area contributed by atoms with Gasteiger partial charge >= 0.3 is 6.61 Å². The van der Waals surface area contributed by atoms with E-state index < -0.39 is 11.5 Å². The number of hydrogen-bond donors (Lipinski definition) is 0. The van der Waals surface area contributed by atoms with E-state index in [4.69, 9.17) is 0 Å². The van der Waals surface area contributed by atoms with Crippen molar-refractivity contribution in [2.75, 3.05) is 5.33 Å². The Balaban J connectivity index is 3.07. The van der Waals surface area contributed by atoms with Gasteiger partial charge in [0.1, 0.15) is 11.5 Å². The van der Waals surface area contributed by atoms with E-state index in [1.807, 2.05) is 0 Å². The number of carbonyl (C=O) groups excluding carboxylic acids is 1. The Hall–Kier alpha value is -1.57. The van der Waals surface area contributed by atoms with Crippen molar-refractivity contribution in [3.63, 3.8) is 0 Å². The maximum absolute atomic E-state index is 12.0. The molecule has 1 aromatic rings. The molecule has 8 heteroatoms. The molecule has 5 nitrogen and oxygen atoms in total. The molecule has 0 fully saturated rings. The van der Waals surface area contributed by atoms with Gasteiger partial charge < -0.3 is 4.74 Å². The molecule has 18 heavy (non-hydrogen) atoms. The molecule has 0 unspecified atom stereocenters. The number of ether oxygens (including phenoxy) is 1. The zero-order valence-corrected chi connectivity index (χ0v) is 10.5. The summed E-state index contributed by atoms with van der Waals surface area (Å²) in [7, 11) is 0. The summed E-state index contributed by atoms with van der Waals surface area (Å²) in [5.74, 6) is -0.514. The average Bonchev–Trinajstić information content (AvgIpc) is 2.27. The van der Waals surface area contributed by atoms with Gasteiger partial charge in [0.15, 0.2) is 0 Å². The van der Waals surface area contributed by atoms with Crippen LogP contribution in [0.2, 0.25) is 0 Å². The van der Waals surface area contributed by atoms with Gasteiger partial charge in [0.2, 0.25) is 0 Å². The molecule has 0 aliphatic rings. The first-order chi connectivity index (χ1) is 8.43. The molecule has 0 saturated carbocycles. The highest BCUT2D eigenvalue weighted by Crippen LogP contribution is 2.25. The molecule has 98 valence electrons. The normalized spacial score (nSPS) is 10.4. The van der Waals surface area contributed by atoms with E-state index in [0.29, 0.717) is 0 Å². The van der Waals surface area contributed by atoms with Crippen molar-refractivity contribution in [2.45, 2.75) is 13.0 Å². The fourth-order valence-corrected chi connectivity index (χ4v) is 1.52. The fourth-order valence-electron chi connectivity index (χ4n) is 1.32. The first kappa shape index (κ1) is 14.5. The van der Waals surface area contributed by atoms with Crippen molar-refractivity contribution < 1.29 is 23.2 Å². The largest absolute Gasteiger partial charge is 0.435 e. The van der Waals surface area contributed by atoms with Gasteiger partial charge in [0.05, 0.1) is 10.3 Å². The van der Waals surface area contributed by atoms with E-state index in [1.54, 1.807) is 0 Å². The van der Waals surface area contributed by atoms with E-state index in [9.17, 15) is 23.7 Å². The first-order valence-electron chi connectivity index (χ1n) is 4.74. The lowest BCUT2D eigenvalue weighted by atomic mass is 10.1. The molecule has 1 aromatic carbocycles. The predicted molar refractivity (Wildman–Crippen MR) is 62.2 cm³/mol. The van der Waals surface area contributed by atoms with E-state index in [2.05, 4.69) is 20.7 Å². The number of nitrogens with zero attached hydrogens (tertiary/aromatic N) is 1. The van der Waals surface area contributed by atoms with Crippen LogP contribution in [0.1, 0.15) is 5.56 Å². The summed E-state index contributed by atoms with van der Waals surface area (Å²) in [5.41, 5.74) is -0.256. The SMILES string of the molecule is O=C(CBr)Cc1cc(OC(F)F)ccc1[N+](=O)[O-]. The first-order valence-corrected chi connectivity index (χ1v) is 5.86. The number of nitro benzene ring substituents is 1. The topological polar surface area (TPSA) is 69.4 Å². The van der Waals surface area contributed by atoms with Crippen LogP contribution in [0.3, 0.4) is 0 Å². The van der Waals surface area contributed by atoms with Gasteiger partial charge in [-0.1, -0.05) is 15.9 Å². The van der Waals surface area contributed by atoms with Crippen molar-refractivity contribution >= 4 is 27.4 Å². The maximum Gasteiger partial charge on any atom is 0.387 e. The molecular formula is C10H8BrF2NO4. The number of nitro groups is 1. The second kappa shape index (κ2) is 6.39. The van der Waals surface area contributed by atoms with Gasteiger partial charge in [0, 0.05) is 18.1 Å². The van der Waals surface area contributed by atoms with Gasteiger partial charge in [-0.2, -0.15) is 8.78 Å². The number of alkyl halides is 3. The predicted octanol–water partition coefficient (Wildman–Crippen LogP) is 2.70. The number of rotatable bonds is 6. The van der Waals surface area contributed by atoms with Crippen LogP contribution < -0.4 is 4.74 Å². The lowest BCUT2D eigenvalue weighted by Gasteiger charge is -2.07. The van der Waals surface area contributed by atoms with Crippen molar-refractivity contribution in [3.05, 3.63) is 33.9 Å². The van der Waals surface area contributed by atoms with Gasteiger partial charge in [-0.25, -0.2) is 0 Å². The molecule has 0 heterocycles. The number of carbonyl (C=O) groups is 1. The lowest BCUT2D eigenvalue weighted by molar-refractivity contribution is -0.385. The van der Waals surface area contributed by atoms with Crippen molar-refractivity contribution in [2.24, 2.45) is 0 Å². The van der Waals surface area contributed by atoms with Crippen LogP contribution in [0, 0.1) is 10.1 Å². The monoisotopic (exact) mass is 323 g/mol. The van der Waals surface area contributed by atoms with Crippen molar-refractivity contribution in [1.82, 2.24) is 0 Å². The van der Waals surface area contributed by atoms with Gasteiger partial charge in [-0.05, 0) is 12.1 Å². The quantitative estimate of drug-likeness (QED) is 0.458. The average molecular weight is 324 g/mol. The molecular weight excluding hydrogens is 316 g/mol. The Morgan fingerprint density at radius 1 is 1.50 bits per heavy atom. The molecule has 0 atom stereocenters. The highest BCUT2D eigenvalue weighted by atomic mass is 79.9. The molecule has 0 saturated heterocycles. The summed E-state index contributed by atoms with van der Waals surface area (Å²) < 4.78 is 28.1. The third-order valence-electron chi connectivity index (χ3n) is 2.01. The Kier molecular flexibility index (Phi) is 5.14. The Morgan fingerprint density at radius 2 is 2.17 bits per heavy atom. The second-order valence-corrected chi connectivity index (χ2v) is 3.84. The van der Waals surface area contributed by atoms with Gasteiger partial charge in [0.25, 0.3) is 5.69 Å². The third kappa shape index (κ3) is 4.02. The minimum absolute atomic E-state index is 0.0318. The zero-order valence-electron chi connectivity index (χ0n) is 8.94. The number of halogens is 3. The molecule has 0 radical (unpaired) electrons. The minimum Gasteiger partial charge on any atom is -0.435 e. The van der Waals surface area contributed by atoms with E-state index >= 15 is 0 Å². The molecule has 0 aromatic heterocycles. The van der Waals surface area contributed by atoms with E-state index in [0.717, 1.165) is 18.2 Å². The molecule has 1 rings (SSSR count). The van der Waals surface area contributed by atoms with E-state index in [1.165, 1.54) is 0 Å². The summed E-state index contributed by atoms with van der Waals surface area (Å²) in [6.45, 7) is -3.02. The number of Topliss-reactive ketones (excluding diaryl/α,β-unsaturated/α-hetero) is 1. The Morgan fingerprint density at radius 3 is 2.67 bits per heavy atom. The second-order valence-electron chi connectivity index (χ2n) is 3.28. The Labute approximate surface area is 109 Å². The molecule has 0 spiro atoms. The fraction of sp³-hybridized carbons (Fsp3) is 0.300. The number of ketones is 1. The highest BCUT2D eigenvalue weighted by Gasteiger charge is 2.18. The van der Waals surface area contributed by atoms with Crippen LogP contribution in [0.5, 0.6) is 5.75 Å². The van der Waals surface area contributed by atoms with E-state index in [-0.39, 0.29) is 34.5 Å². The van der Waals surface area contributed by atoms with Crippen LogP contribution in [-0.2, 0) is 11.2 Å². The summed E-state index contributed by atoms with van der Waals surface area (Å²) in [4.78, 5) is 21.3. The van der Waals surface area contributed by atoms with Crippen LogP contribution >= 0.6 is 15.9 Å². The molecule has 0 bridgehead atoms. The minimum atomic E-state index is -3.02. The molecule has 0 aliphatic heterocycles. The number of benzene rings is 1. The highest BCUT2D eigenvalue weighted by molar-refractivity contribution is 9.09. The maximum atomic E-state index is 12.0. The molecule has 0 aliphatic carbocycles. The standard InChI is InChI=1S/C10H8BrF2NO4/c11-5-7(15)3-6-4-8(18-10(12)13)1-2-9(6)14(16)17/h1-2,4,10H,3,5H2. The zero-order chi connectivity index (χ0) is 13.7. The lowest BCUT2D eigenvalue weighted by Crippen LogP contribution is -2.08. The smallest absolute Gasteiger partial charge is 0.387 e. The summed E-state index contributed by atoms with van der Waals surface area (Å²) >= 11 is 2.92. The van der Waals surface area contributed by atoms with Crippen LogP contribution in [0.15, 0.2) is 18.2 Å². The van der Waals surface area contributed by atoms with Crippen LogP contribution in [-0.4, -0.2) is 22.6 Å². The Bertz CT molecular complexity index is 467. The van der Waals surface area contributed by atoms with Gasteiger partial charge in [-0.15, -0.1) is 0 Å². The van der Waals surface area contributed by atoms with Crippen molar-refractivity contribution in [3.8, 4) is 5.75 Å². The number of hydrogen-bond acceptors (Lipinski definition) is 4. The summed E-state index contributed by atoms with van der Waals surface area (Å²) in [6, 6.07) is 3.17. The molecule has 0 N–H and O–H groups in total. The summed E-state index contributed by atoms with van der Waals surface area (Å²) in [5, 5.41) is 10.8. The van der Waals surface area contributed by atoms with Crippen molar-refractivity contribution in [1.29, 1.82) is 0 Å². The van der Waals surface area contributed by atoms with Gasteiger partial charge in [-0.3, -0.25) is 14.9 Å². The summed E-state index contributed by atoms with van der Waals surface area (Å²) in [6.07, 6.45) is -0.220. The molecule has 0 amide bonds.